The van der Waals surface area contributed by atoms with Crippen LogP contribution in [0.2, 0.25) is 0 Å². The Morgan fingerprint density at radius 3 is 1.81 bits per heavy atom. The van der Waals surface area contributed by atoms with Crippen LogP contribution in [0, 0.1) is 0 Å². The second-order valence-electron chi connectivity index (χ2n) is 8.94. The van der Waals surface area contributed by atoms with Crippen molar-refractivity contribution in [2.45, 2.75) is 64.3 Å². The van der Waals surface area contributed by atoms with Crippen molar-refractivity contribution in [3.8, 4) is 0 Å². The molecule has 0 bridgehead atoms. The molecule has 0 amide bonds. The van der Waals surface area contributed by atoms with Gasteiger partial charge < -0.3 is 20.4 Å². The van der Waals surface area contributed by atoms with E-state index in [1.54, 1.807) is 0 Å². The summed E-state index contributed by atoms with van der Waals surface area (Å²) in [5, 5.41) is 7.21. The molecule has 4 rings (SSSR count). The van der Waals surface area contributed by atoms with E-state index < -0.39 is 0 Å². The molecule has 7 heteroatoms. The molecule has 2 aliphatic heterocycles. The third-order valence-corrected chi connectivity index (χ3v) is 6.65. The van der Waals surface area contributed by atoms with E-state index in [1.807, 2.05) is 18.2 Å². The molecule has 0 unspecified atom stereocenters. The molecule has 1 aromatic carbocycles. The van der Waals surface area contributed by atoms with E-state index >= 15 is 0 Å². The van der Waals surface area contributed by atoms with Gasteiger partial charge >= 0.3 is 0 Å². The van der Waals surface area contributed by atoms with E-state index in [0.717, 1.165) is 37.8 Å². The summed E-state index contributed by atoms with van der Waals surface area (Å²) < 4.78 is 0. The molecule has 172 valence electrons. The van der Waals surface area contributed by atoms with Gasteiger partial charge in [-0.3, -0.25) is 0 Å². The molecule has 6 nitrogen and oxygen atoms in total. The van der Waals surface area contributed by atoms with E-state index in [1.165, 1.54) is 56.9 Å². The highest BCUT2D eigenvalue weighted by Gasteiger charge is 2.18. The minimum atomic E-state index is 0.107. The van der Waals surface area contributed by atoms with Crippen LogP contribution in [0.4, 0.5) is 17.6 Å². The molecule has 2 N–H and O–H groups in total. The van der Waals surface area contributed by atoms with E-state index in [9.17, 15) is 0 Å². The molecule has 2 fully saturated rings. The van der Waals surface area contributed by atoms with Crippen LogP contribution >= 0.6 is 12.2 Å². The molecule has 3 heterocycles. The van der Waals surface area contributed by atoms with Crippen LogP contribution in [-0.4, -0.2) is 41.3 Å². The third-order valence-electron chi connectivity index (χ3n) is 6.43. The first-order valence-electron chi connectivity index (χ1n) is 12.2. The highest BCUT2D eigenvalue weighted by molar-refractivity contribution is 7.80. The third kappa shape index (κ3) is 6.31. The van der Waals surface area contributed by atoms with Gasteiger partial charge in [0.1, 0.15) is 11.6 Å². The maximum Gasteiger partial charge on any atom is 0.232 e. The zero-order valence-electron chi connectivity index (χ0n) is 19.2. The van der Waals surface area contributed by atoms with Gasteiger partial charge in [-0.15, -0.1) is 0 Å². The molecule has 0 saturated carbocycles. The minimum Gasteiger partial charge on any atom is -0.356 e. The molecule has 2 saturated heterocycles. The van der Waals surface area contributed by atoms with E-state index in [-0.39, 0.29) is 6.04 Å². The van der Waals surface area contributed by atoms with Crippen molar-refractivity contribution in [1.82, 2.24) is 15.3 Å². The summed E-state index contributed by atoms with van der Waals surface area (Å²) in [7, 11) is 0. The van der Waals surface area contributed by atoms with Gasteiger partial charge in [-0.05, 0) is 50.4 Å². The molecule has 0 radical (unpaired) electrons. The summed E-state index contributed by atoms with van der Waals surface area (Å²) in [6, 6.07) is 12.6. The fourth-order valence-electron chi connectivity index (χ4n) is 4.56. The normalized spacial score (nSPS) is 18.4. The Labute approximate surface area is 197 Å². The molecule has 1 atom stereocenters. The summed E-state index contributed by atoms with van der Waals surface area (Å²) in [6.45, 7) is 6.35. The smallest absolute Gasteiger partial charge is 0.232 e. The molecular formula is C25H36N6S. The van der Waals surface area contributed by atoms with Gasteiger partial charge in [0.05, 0.1) is 6.04 Å². The first-order valence-corrected chi connectivity index (χ1v) is 12.6. The second-order valence-corrected chi connectivity index (χ2v) is 9.35. The van der Waals surface area contributed by atoms with E-state index in [4.69, 9.17) is 22.2 Å². The Bertz CT molecular complexity index is 820. The SMILES string of the molecule is C[C@@H](NC(=S)Nc1nc(N2CCCCCC2)cc(N2CCCCCC2)n1)c1ccccc1. The Morgan fingerprint density at radius 2 is 1.31 bits per heavy atom. The summed E-state index contributed by atoms with van der Waals surface area (Å²) >= 11 is 5.63. The van der Waals surface area contributed by atoms with Gasteiger partial charge in [-0.25, -0.2) is 0 Å². The van der Waals surface area contributed by atoms with Crippen molar-refractivity contribution in [3.05, 3.63) is 42.0 Å². The number of nitrogens with one attached hydrogen (secondary N) is 2. The highest BCUT2D eigenvalue weighted by Crippen LogP contribution is 2.26. The van der Waals surface area contributed by atoms with Crippen LogP contribution in [0.3, 0.4) is 0 Å². The molecular weight excluding hydrogens is 416 g/mol. The lowest BCUT2D eigenvalue weighted by molar-refractivity contribution is 0.721. The molecule has 0 aliphatic carbocycles. The second kappa shape index (κ2) is 11.5. The number of hydrogen-bond acceptors (Lipinski definition) is 5. The van der Waals surface area contributed by atoms with Crippen molar-refractivity contribution >= 4 is 34.9 Å². The minimum absolute atomic E-state index is 0.107. The molecule has 2 aliphatic rings. The predicted molar refractivity (Wildman–Crippen MR) is 138 cm³/mol. The number of rotatable bonds is 5. The quantitative estimate of drug-likeness (QED) is 0.598. The predicted octanol–water partition coefficient (Wildman–Crippen LogP) is 5.29. The maximum absolute atomic E-state index is 5.63. The Kier molecular flexibility index (Phi) is 8.15. The summed E-state index contributed by atoms with van der Waals surface area (Å²) in [5.74, 6) is 2.62. The summed E-state index contributed by atoms with van der Waals surface area (Å²) in [5.41, 5.74) is 1.20. The zero-order valence-corrected chi connectivity index (χ0v) is 20.0. The van der Waals surface area contributed by atoms with Crippen molar-refractivity contribution in [3.63, 3.8) is 0 Å². The van der Waals surface area contributed by atoms with E-state index in [2.05, 4.69) is 45.6 Å². The fraction of sp³-hybridized carbons (Fsp3) is 0.560. The maximum atomic E-state index is 5.63. The number of anilines is 3. The number of thiocarbonyl (C=S) groups is 1. The van der Waals surface area contributed by atoms with Gasteiger partial charge in [0.15, 0.2) is 5.11 Å². The molecule has 2 aromatic rings. The van der Waals surface area contributed by atoms with E-state index in [0.29, 0.717) is 11.1 Å². The first-order chi connectivity index (χ1) is 15.7. The average molecular weight is 453 g/mol. The standard InChI is InChI=1S/C25H36N6S/c1-20(21-13-7-6-8-14-21)26-25(32)29-24-27-22(30-15-9-2-3-10-16-30)19-23(28-24)31-17-11-4-5-12-18-31/h6-8,13-14,19-20H,2-5,9-12,15-18H2,1H3,(H2,26,27,28,29,32)/t20-/m1/s1. The first kappa shape index (κ1) is 22.8. The van der Waals surface area contributed by atoms with Crippen molar-refractivity contribution in [1.29, 1.82) is 0 Å². The number of nitrogens with zero attached hydrogens (tertiary/aromatic N) is 4. The van der Waals surface area contributed by atoms with Crippen LogP contribution in [0.5, 0.6) is 0 Å². The number of hydrogen-bond donors (Lipinski definition) is 2. The monoisotopic (exact) mass is 452 g/mol. The van der Waals surface area contributed by atoms with Gasteiger partial charge in [0.2, 0.25) is 5.95 Å². The Balaban J connectivity index is 1.53. The number of aromatic nitrogens is 2. The summed E-state index contributed by atoms with van der Waals surface area (Å²) in [6.07, 6.45) is 10.1. The zero-order chi connectivity index (χ0) is 22.2. The average Bonchev–Trinajstić information content (AvgIpc) is 3.25. The van der Waals surface area contributed by atoms with Crippen LogP contribution in [0.25, 0.3) is 0 Å². The van der Waals surface area contributed by atoms with Crippen molar-refractivity contribution < 1.29 is 0 Å². The van der Waals surface area contributed by atoms with Crippen LogP contribution in [0.15, 0.2) is 36.4 Å². The van der Waals surface area contributed by atoms with Crippen molar-refractivity contribution in [2.75, 3.05) is 41.3 Å². The summed E-state index contributed by atoms with van der Waals surface area (Å²) in [4.78, 5) is 14.6. The lowest BCUT2D eigenvalue weighted by Crippen LogP contribution is -2.33. The van der Waals surface area contributed by atoms with Crippen molar-refractivity contribution in [2.24, 2.45) is 0 Å². The van der Waals surface area contributed by atoms with Crippen LogP contribution < -0.4 is 20.4 Å². The van der Waals surface area contributed by atoms with Gasteiger partial charge in [-0.1, -0.05) is 56.0 Å². The lowest BCUT2D eigenvalue weighted by Gasteiger charge is -2.26. The van der Waals surface area contributed by atoms with Crippen LogP contribution in [-0.2, 0) is 0 Å². The Morgan fingerprint density at radius 1 is 0.812 bits per heavy atom. The highest BCUT2D eigenvalue weighted by atomic mass is 32.1. The largest absolute Gasteiger partial charge is 0.356 e. The van der Waals surface area contributed by atoms with Gasteiger partial charge in [0, 0.05) is 32.2 Å². The number of benzene rings is 1. The molecule has 0 spiro atoms. The van der Waals surface area contributed by atoms with Gasteiger partial charge in [-0.2, -0.15) is 9.97 Å². The fourth-order valence-corrected chi connectivity index (χ4v) is 4.83. The Hall–Kier alpha value is -2.41. The molecule has 1 aromatic heterocycles. The van der Waals surface area contributed by atoms with Gasteiger partial charge in [0.25, 0.3) is 0 Å². The van der Waals surface area contributed by atoms with Crippen LogP contribution in [0.1, 0.15) is 69.9 Å². The lowest BCUT2D eigenvalue weighted by atomic mass is 10.1. The molecule has 32 heavy (non-hydrogen) atoms. The topological polar surface area (TPSA) is 56.3 Å².